The number of halogens is 1. The molecule has 0 aliphatic carbocycles. The van der Waals surface area contributed by atoms with Crippen molar-refractivity contribution < 1.29 is 22.7 Å². The van der Waals surface area contributed by atoms with E-state index in [2.05, 4.69) is 26.0 Å². The van der Waals surface area contributed by atoms with Crippen LogP contribution in [0.4, 0.5) is 11.4 Å². The van der Waals surface area contributed by atoms with Gasteiger partial charge in [0.2, 0.25) is 0 Å². The summed E-state index contributed by atoms with van der Waals surface area (Å²) in [5.74, 6) is 0.700. The number of nitrogens with one attached hydrogen (secondary N) is 2. The molecule has 0 bridgehead atoms. The molecule has 1 aliphatic rings. The summed E-state index contributed by atoms with van der Waals surface area (Å²) in [7, 11) is -3.86. The van der Waals surface area contributed by atoms with Crippen molar-refractivity contribution in [1.29, 1.82) is 0 Å². The number of carbonyl (C=O) groups is 1. The molecule has 0 saturated heterocycles. The number of fused-ring (bicyclic) bond motifs is 1. The van der Waals surface area contributed by atoms with Crippen LogP contribution in [0.5, 0.6) is 11.5 Å². The van der Waals surface area contributed by atoms with E-state index in [4.69, 9.17) is 9.47 Å². The second-order valence-corrected chi connectivity index (χ2v) is 9.02. The van der Waals surface area contributed by atoms with Gasteiger partial charge in [0.05, 0.1) is 16.1 Å². The average molecular weight is 489 g/mol. The molecule has 0 radical (unpaired) electrons. The number of hydrogen-bond donors (Lipinski definition) is 2. The van der Waals surface area contributed by atoms with Gasteiger partial charge >= 0.3 is 0 Å². The van der Waals surface area contributed by atoms with Gasteiger partial charge in [0.25, 0.3) is 15.9 Å². The number of carbonyl (C=O) groups excluding carboxylic acids is 1. The number of para-hydroxylation sites is 1. The number of hydrogen-bond acceptors (Lipinski definition) is 5. The average Bonchev–Trinajstić information content (AvgIpc) is 2.74. The van der Waals surface area contributed by atoms with Crippen LogP contribution in [0, 0.1) is 0 Å². The molecule has 0 spiro atoms. The van der Waals surface area contributed by atoms with Gasteiger partial charge in [-0.15, -0.1) is 0 Å². The van der Waals surface area contributed by atoms with Gasteiger partial charge in [0.15, 0.2) is 11.5 Å². The molecule has 0 aromatic heterocycles. The maximum absolute atomic E-state index is 12.8. The van der Waals surface area contributed by atoms with Gasteiger partial charge in [0, 0.05) is 16.2 Å². The normalized spacial score (nSPS) is 12.8. The van der Waals surface area contributed by atoms with Crippen molar-refractivity contribution in [2.45, 2.75) is 4.90 Å². The van der Waals surface area contributed by atoms with E-state index >= 15 is 0 Å². The van der Waals surface area contributed by atoms with Gasteiger partial charge in [-0.2, -0.15) is 0 Å². The van der Waals surface area contributed by atoms with E-state index in [1.165, 1.54) is 18.2 Å². The summed E-state index contributed by atoms with van der Waals surface area (Å²) in [5.41, 5.74) is 0.873. The first kappa shape index (κ1) is 20.2. The quantitative estimate of drug-likeness (QED) is 0.559. The SMILES string of the molecule is O=C(Nc1ccc2c(c1)OCCO2)c1ccccc1NS(=O)(=O)c1ccc(Br)cc1. The van der Waals surface area contributed by atoms with Crippen LogP contribution >= 0.6 is 15.9 Å². The molecule has 0 atom stereocenters. The predicted molar refractivity (Wildman–Crippen MR) is 117 cm³/mol. The van der Waals surface area contributed by atoms with Crippen molar-refractivity contribution in [3.63, 3.8) is 0 Å². The van der Waals surface area contributed by atoms with Crippen LogP contribution < -0.4 is 19.5 Å². The summed E-state index contributed by atoms with van der Waals surface area (Å²) in [4.78, 5) is 12.9. The third kappa shape index (κ3) is 4.42. The van der Waals surface area contributed by atoms with Crippen LogP contribution in [-0.2, 0) is 10.0 Å². The predicted octanol–water partition coefficient (Wildman–Crippen LogP) is 4.27. The Kier molecular flexibility index (Phi) is 5.65. The summed E-state index contributed by atoms with van der Waals surface area (Å²) in [6.07, 6.45) is 0. The standard InChI is InChI=1S/C21H17BrN2O5S/c22-14-5-8-16(9-6-14)30(26,27)24-18-4-2-1-3-17(18)21(25)23-15-7-10-19-20(13-15)29-12-11-28-19/h1-10,13,24H,11-12H2,(H,23,25). The highest BCUT2D eigenvalue weighted by molar-refractivity contribution is 9.10. The largest absolute Gasteiger partial charge is 0.486 e. The lowest BCUT2D eigenvalue weighted by Gasteiger charge is -2.19. The summed E-state index contributed by atoms with van der Waals surface area (Å²) in [5, 5.41) is 2.77. The summed E-state index contributed by atoms with van der Waals surface area (Å²) < 4.78 is 39.7. The van der Waals surface area contributed by atoms with Crippen molar-refractivity contribution in [3.05, 3.63) is 76.8 Å². The highest BCUT2D eigenvalue weighted by atomic mass is 79.9. The zero-order valence-electron chi connectivity index (χ0n) is 15.6. The molecule has 9 heteroatoms. The maximum atomic E-state index is 12.8. The van der Waals surface area contributed by atoms with Crippen LogP contribution in [0.15, 0.2) is 76.1 Å². The third-order valence-corrected chi connectivity index (χ3v) is 6.25. The Morgan fingerprint density at radius 3 is 2.37 bits per heavy atom. The first-order valence-corrected chi connectivity index (χ1v) is 11.3. The van der Waals surface area contributed by atoms with Gasteiger partial charge in [-0.1, -0.05) is 28.1 Å². The first-order chi connectivity index (χ1) is 14.4. The Balaban J connectivity index is 1.57. The molecular formula is C21H17BrN2O5S. The topological polar surface area (TPSA) is 93.7 Å². The number of sulfonamides is 1. The van der Waals surface area contributed by atoms with E-state index in [0.29, 0.717) is 30.4 Å². The number of benzene rings is 3. The van der Waals surface area contributed by atoms with Crippen molar-refractivity contribution in [2.75, 3.05) is 23.3 Å². The molecule has 1 aliphatic heterocycles. The van der Waals surface area contributed by atoms with Crippen molar-refractivity contribution >= 4 is 43.2 Å². The van der Waals surface area contributed by atoms with Crippen LogP contribution in [0.1, 0.15) is 10.4 Å². The summed E-state index contributed by atoms with van der Waals surface area (Å²) in [6.45, 7) is 0.912. The fraction of sp³-hybridized carbons (Fsp3) is 0.0952. The maximum Gasteiger partial charge on any atom is 0.261 e. The van der Waals surface area contributed by atoms with Crippen LogP contribution in [0.2, 0.25) is 0 Å². The Morgan fingerprint density at radius 2 is 1.60 bits per heavy atom. The molecule has 4 rings (SSSR count). The lowest BCUT2D eigenvalue weighted by atomic mass is 10.1. The molecule has 1 amide bonds. The van der Waals surface area contributed by atoms with Gasteiger partial charge in [-0.25, -0.2) is 8.42 Å². The monoisotopic (exact) mass is 488 g/mol. The van der Waals surface area contributed by atoms with Gasteiger partial charge < -0.3 is 14.8 Å². The van der Waals surface area contributed by atoms with Crippen molar-refractivity contribution in [3.8, 4) is 11.5 Å². The molecular weight excluding hydrogens is 472 g/mol. The van der Waals surface area contributed by atoms with Crippen LogP contribution in [-0.4, -0.2) is 27.5 Å². The van der Waals surface area contributed by atoms with Crippen molar-refractivity contribution in [1.82, 2.24) is 0 Å². The summed E-state index contributed by atoms with van der Waals surface area (Å²) >= 11 is 3.28. The molecule has 1 heterocycles. The molecule has 2 N–H and O–H groups in total. The zero-order chi connectivity index (χ0) is 21.1. The molecule has 0 fully saturated rings. The number of ether oxygens (including phenoxy) is 2. The van der Waals surface area contributed by atoms with Gasteiger partial charge in [-0.05, 0) is 48.5 Å². The van der Waals surface area contributed by atoms with Crippen LogP contribution in [0.25, 0.3) is 0 Å². The van der Waals surface area contributed by atoms with Gasteiger partial charge in [0.1, 0.15) is 13.2 Å². The van der Waals surface area contributed by atoms with Crippen LogP contribution in [0.3, 0.4) is 0 Å². The van der Waals surface area contributed by atoms with E-state index in [0.717, 1.165) is 4.47 Å². The first-order valence-electron chi connectivity index (χ1n) is 9.01. The highest BCUT2D eigenvalue weighted by Gasteiger charge is 2.19. The van der Waals surface area contributed by atoms with E-state index in [1.807, 2.05) is 0 Å². The second kappa shape index (κ2) is 8.37. The zero-order valence-corrected chi connectivity index (χ0v) is 18.0. The van der Waals surface area contributed by atoms with E-state index in [9.17, 15) is 13.2 Å². The Bertz CT molecular complexity index is 1200. The fourth-order valence-electron chi connectivity index (χ4n) is 2.91. The van der Waals surface area contributed by atoms with E-state index in [1.54, 1.807) is 48.5 Å². The van der Waals surface area contributed by atoms with Crippen molar-refractivity contribution in [2.24, 2.45) is 0 Å². The highest BCUT2D eigenvalue weighted by Crippen LogP contribution is 2.33. The second-order valence-electron chi connectivity index (χ2n) is 6.42. The molecule has 0 unspecified atom stereocenters. The Labute approximate surface area is 182 Å². The minimum absolute atomic E-state index is 0.0905. The number of rotatable bonds is 5. The number of anilines is 2. The Morgan fingerprint density at radius 1 is 0.900 bits per heavy atom. The molecule has 7 nitrogen and oxygen atoms in total. The molecule has 3 aromatic rings. The van der Waals surface area contributed by atoms with E-state index < -0.39 is 15.9 Å². The lowest BCUT2D eigenvalue weighted by molar-refractivity contribution is 0.102. The fourth-order valence-corrected chi connectivity index (χ4v) is 4.25. The smallest absolute Gasteiger partial charge is 0.261 e. The molecule has 154 valence electrons. The molecule has 0 saturated carbocycles. The molecule has 3 aromatic carbocycles. The minimum atomic E-state index is -3.86. The summed E-state index contributed by atoms with van der Waals surface area (Å²) in [6, 6.07) is 17.7. The minimum Gasteiger partial charge on any atom is -0.486 e. The number of amides is 1. The third-order valence-electron chi connectivity index (χ3n) is 4.34. The lowest BCUT2D eigenvalue weighted by Crippen LogP contribution is -2.19. The Hall–Kier alpha value is -3.04. The molecule has 30 heavy (non-hydrogen) atoms. The van der Waals surface area contributed by atoms with E-state index in [-0.39, 0.29) is 16.1 Å². The van der Waals surface area contributed by atoms with Gasteiger partial charge in [-0.3, -0.25) is 9.52 Å².